The predicted molar refractivity (Wildman–Crippen MR) is 82.6 cm³/mol. The van der Waals surface area contributed by atoms with Crippen molar-refractivity contribution in [3.63, 3.8) is 0 Å². The topological polar surface area (TPSA) is 12.0 Å². The molecule has 1 nitrogen and oxygen atoms in total. The van der Waals surface area contributed by atoms with Gasteiger partial charge in [-0.3, -0.25) is 0 Å². The first-order valence-electron chi connectivity index (χ1n) is 6.62. The Morgan fingerprint density at radius 3 is 2.47 bits per heavy atom. The van der Waals surface area contributed by atoms with Gasteiger partial charge in [-0.15, -0.1) is 0 Å². The van der Waals surface area contributed by atoms with Crippen LogP contribution in [0.5, 0.6) is 0 Å². The maximum absolute atomic E-state index is 6.16. The highest BCUT2D eigenvalue weighted by atomic mass is 35.5. The van der Waals surface area contributed by atoms with Crippen molar-refractivity contribution in [2.45, 2.75) is 33.4 Å². The molecule has 2 aromatic rings. The minimum Gasteiger partial charge on any atom is -0.306 e. The Labute approximate surface area is 120 Å². The zero-order valence-electron chi connectivity index (χ0n) is 11.7. The van der Waals surface area contributed by atoms with Crippen molar-refractivity contribution >= 4 is 11.6 Å². The molecule has 100 valence electrons. The summed E-state index contributed by atoms with van der Waals surface area (Å²) in [5, 5.41) is 4.34. The Morgan fingerprint density at radius 2 is 1.79 bits per heavy atom. The lowest BCUT2D eigenvalue weighted by atomic mass is 10.0. The second-order valence-electron chi connectivity index (χ2n) is 5.04. The Balaban J connectivity index is 2.03. The average Bonchev–Trinajstić information content (AvgIpc) is 2.40. The summed E-state index contributed by atoms with van der Waals surface area (Å²) in [6.07, 6.45) is 0. The Morgan fingerprint density at radius 1 is 1.05 bits per heavy atom. The summed E-state index contributed by atoms with van der Waals surface area (Å²) in [6, 6.07) is 14.9. The minimum absolute atomic E-state index is 0.315. The normalized spacial score (nSPS) is 12.4. The van der Waals surface area contributed by atoms with E-state index in [2.05, 4.69) is 50.4 Å². The van der Waals surface area contributed by atoms with E-state index in [0.717, 1.165) is 17.1 Å². The molecule has 1 atom stereocenters. The van der Waals surface area contributed by atoms with Crippen molar-refractivity contribution in [2.75, 3.05) is 0 Å². The molecular formula is C17H20ClN. The van der Waals surface area contributed by atoms with Crippen molar-refractivity contribution < 1.29 is 0 Å². The van der Waals surface area contributed by atoms with E-state index >= 15 is 0 Å². The first-order valence-corrected chi connectivity index (χ1v) is 6.99. The highest BCUT2D eigenvalue weighted by molar-refractivity contribution is 6.31. The van der Waals surface area contributed by atoms with Crippen LogP contribution in [-0.4, -0.2) is 0 Å². The van der Waals surface area contributed by atoms with Gasteiger partial charge in [0.05, 0.1) is 0 Å². The third kappa shape index (κ3) is 3.59. The number of hydrogen-bond acceptors (Lipinski definition) is 1. The van der Waals surface area contributed by atoms with E-state index in [9.17, 15) is 0 Å². The van der Waals surface area contributed by atoms with Gasteiger partial charge in [-0.25, -0.2) is 0 Å². The van der Waals surface area contributed by atoms with Crippen LogP contribution in [-0.2, 0) is 6.54 Å². The molecule has 0 saturated heterocycles. The highest BCUT2D eigenvalue weighted by Gasteiger charge is 2.07. The minimum atomic E-state index is 0.315. The molecule has 2 rings (SSSR count). The lowest BCUT2D eigenvalue weighted by Crippen LogP contribution is -2.18. The summed E-state index contributed by atoms with van der Waals surface area (Å²) in [5.74, 6) is 0. The van der Waals surface area contributed by atoms with Gasteiger partial charge in [-0.1, -0.05) is 48.0 Å². The molecule has 2 aromatic carbocycles. The predicted octanol–water partition coefficient (Wildman–Crippen LogP) is 4.81. The summed E-state index contributed by atoms with van der Waals surface area (Å²) in [7, 11) is 0. The van der Waals surface area contributed by atoms with E-state index in [1.165, 1.54) is 16.7 Å². The van der Waals surface area contributed by atoms with E-state index in [0.29, 0.717) is 6.04 Å². The Bertz CT molecular complexity index is 563. The van der Waals surface area contributed by atoms with E-state index in [1.807, 2.05) is 18.2 Å². The molecule has 0 aliphatic heterocycles. The smallest absolute Gasteiger partial charge is 0.0450 e. The lowest BCUT2D eigenvalue weighted by Gasteiger charge is -2.16. The second kappa shape index (κ2) is 6.23. The van der Waals surface area contributed by atoms with Crippen molar-refractivity contribution in [1.29, 1.82) is 0 Å². The largest absolute Gasteiger partial charge is 0.306 e. The van der Waals surface area contributed by atoms with Crippen LogP contribution >= 0.6 is 11.6 Å². The van der Waals surface area contributed by atoms with Crippen LogP contribution in [0.15, 0.2) is 42.5 Å². The fraction of sp³-hybridized carbons (Fsp3) is 0.294. The molecule has 0 aliphatic carbocycles. The van der Waals surface area contributed by atoms with Crippen LogP contribution < -0.4 is 5.32 Å². The number of hydrogen-bond donors (Lipinski definition) is 1. The van der Waals surface area contributed by atoms with Gasteiger partial charge in [0.25, 0.3) is 0 Å². The Hall–Kier alpha value is -1.31. The average molecular weight is 274 g/mol. The number of benzene rings is 2. The van der Waals surface area contributed by atoms with Crippen molar-refractivity contribution in [1.82, 2.24) is 5.32 Å². The van der Waals surface area contributed by atoms with Crippen molar-refractivity contribution in [2.24, 2.45) is 0 Å². The van der Waals surface area contributed by atoms with E-state index < -0.39 is 0 Å². The standard InChI is InChI=1S/C17H20ClN/c1-12-8-9-15(10-13(12)2)14(3)19-11-16-6-4-5-7-17(16)18/h4-10,14,19H,11H2,1-3H3. The third-order valence-electron chi connectivity index (χ3n) is 3.59. The molecule has 0 saturated carbocycles. The van der Waals surface area contributed by atoms with Gasteiger partial charge in [0.2, 0.25) is 0 Å². The van der Waals surface area contributed by atoms with Crippen molar-refractivity contribution in [3.05, 3.63) is 69.7 Å². The first kappa shape index (κ1) is 14.1. The van der Waals surface area contributed by atoms with Gasteiger partial charge in [-0.2, -0.15) is 0 Å². The van der Waals surface area contributed by atoms with Gasteiger partial charge < -0.3 is 5.32 Å². The van der Waals surface area contributed by atoms with Crippen LogP contribution in [0.3, 0.4) is 0 Å². The number of rotatable bonds is 4. The summed E-state index contributed by atoms with van der Waals surface area (Å²) in [6.45, 7) is 7.26. The molecule has 0 aliphatic rings. The molecule has 0 spiro atoms. The van der Waals surface area contributed by atoms with E-state index in [4.69, 9.17) is 11.6 Å². The monoisotopic (exact) mass is 273 g/mol. The molecule has 0 bridgehead atoms. The maximum Gasteiger partial charge on any atom is 0.0450 e. The SMILES string of the molecule is Cc1ccc(C(C)NCc2ccccc2Cl)cc1C. The zero-order chi connectivity index (χ0) is 13.8. The lowest BCUT2D eigenvalue weighted by molar-refractivity contribution is 0.574. The van der Waals surface area contributed by atoms with Gasteiger partial charge in [0.1, 0.15) is 0 Å². The Kier molecular flexibility index (Phi) is 4.62. The molecule has 0 radical (unpaired) electrons. The molecule has 2 heteroatoms. The first-order chi connectivity index (χ1) is 9.08. The van der Waals surface area contributed by atoms with Crippen molar-refractivity contribution in [3.8, 4) is 0 Å². The fourth-order valence-electron chi connectivity index (χ4n) is 2.06. The second-order valence-corrected chi connectivity index (χ2v) is 5.44. The summed E-state index contributed by atoms with van der Waals surface area (Å²) in [4.78, 5) is 0. The number of halogens is 1. The molecule has 0 amide bonds. The molecule has 0 heterocycles. The van der Waals surface area contributed by atoms with Gasteiger partial charge >= 0.3 is 0 Å². The quantitative estimate of drug-likeness (QED) is 0.843. The van der Waals surface area contributed by atoms with Crippen LogP contribution in [0, 0.1) is 13.8 Å². The number of nitrogens with one attached hydrogen (secondary N) is 1. The van der Waals surface area contributed by atoms with E-state index in [1.54, 1.807) is 0 Å². The van der Waals surface area contributed by atoms with E-state index in [-0.39, 0.29) is 0 Å². The highest BCUT2D eigenvalue weighted by Crippen LogP contribution is 2.19. The molecule has 1 unspecified atom stereocenters. The van der Waals surface area contributed by atoms with Crippen LogP contribution in [0.1, 0.15) is 35.2 Å². The maximum atomic E-state index is 6.16. The van der Waals surface area contributed by atoms with Gasteiger partial charge in [0.15, 0.2) is 0 Å². The third-order valence-corrected chi connectivity index (χ3v) is 3.96. The summed E-state index contributed by atoms with van der Waals surface area (Å²) < 4.78 is 0. The molecule has 0 fully saturated rings. The van der Waals surface area contributed by atoms with Crippen LogP contribution in [0.4, 0.5) is 0 Å². The zero-order valence-corrected chi connectivity index (χ0v) is 12.5. The molecule has 1 N–H and O–H groups in total. The molecule has 0 aromatic heterocycles. The van der Waals surface area contributed by atoms with Crippen LogP contribution in [0.2, 0.25) is 5.02 Å². The van der Waals surface area contributed by atoms with Gasteiger partial charge in [-0.05, 0) is 49.1 Å². The van der Waals surface area contributed by atoms with Crippen LogP contribution in [0.25, 0.3) is 0 Å². The van der Waals surface area contributed by atoms with Gasteiger partial charge in [0, 0.05) is 17.6 Å². The summed E-state index contributed by atoms with van der Waals surface area (Å²) in [5.41, 5.74) is 5.13. The fourth-order valence-corrected chi connectivity index (χ4v) is 2.26. The summed E-state index contributed by atoms with van der Waals surface area (Å²) >= 11 is 6.16. The number of aryl methyl sites for hydroxylation is 2. The molecular weight excluding hydrogens is 254 g/mol. The molecule has 19 heavy (non-hydrogen) atoms.